The molecule has 0 bridgehead atoms. The molecule has 2 N–H and O–H groups in total. The second kappa shape index (κ2) is 6.55. The molecule has 3 heteroatoms. The largest absolute Gasteiger partial charge is 0.340 e. The molecule has 0 radical (unpaired) electrons. The van der Waals surface area contributed by atoms with Crippen LogP contribution in [0.1, 0.15) is 58.3 Å². The van der Waals surface area contributed by atoms with Gasteiger partial charge in [0, 0.05) is 19.0 Å². The average molecular weight is 252 g/mol. The van der Waals surface area contributed by atoms with Crippen molar-refractivity contribution in [2.45, 2.75) is 64.3 Å². The summed E-state index contributed by atoms with van der Waals surface area (Å²) in [5, 5.41) is 0. The highest BCUT2D eigenvalue weighted by atomic mass is 16.2. The number of rotatable bonds is 3. The van der Waals surface area contributed by atoms with Crippen LogP contribution in [-0.4, -0.2) is 29.9 Å². The number of nitrogens with two attached hydrogens (primary N) is 1. The molecule has 3 nitrogen and oxygen atoms in total. The molecular weight excluding hydrogens is 224 g/mol. The highest BCUT2D eigenvalue weighted by Gasteiger charge is 2.29. The van der Waals surface area contributed by atoms with Gasteiger partial charge in [0.2, 0.25) is 5.91 Å². The van der Waals surface area contributed by atoms with Gasteiger partial charge < -0.3 is 10.6 Å². The Morgan fingerprint density at radius 1 is 1.11 bits per heavy atom. The number of likely N-dealkylation sites (tertiary alicyclic amines) is 1. The predicted octanol–water partition coefficient (Wildman–Crippen LogP) is 2.54. The first kappa shape index (κ1) is 13.9. The van der Waals surface area contributed by atoms with Gasteiger partial charge >= 0.3 is 0 Å². The van der Waals surface area contributed by atoms with Crippen LogP contribution in [0.25, 0.3) is 0 Å². The van der Waals surface area contributed by atoms with Gasteiger partial charge in [-0.05, 0) is 51.0 Å². The molecule has 1 aliphatic carbocycles. The van der Waals surface area contributed by atoms with Gasteiger partial charge in [0.15, 0.2) is 0 Å². The Morgan fingerprint density at radius 2 is 1.83 bits per heavy atom. The first-order chi connectivity index (χ1) is 8.70. The van der Waals surface area contributed by atoms with Crippen LogP contribution in [0, 0.1) is 11.8 Å². The third kappa shape index (κ3) is 3.47. The lowest BCUT2D eigenvalue weighted by molar-refractivity contribution is -0.136. The number of piperidine rings is 1. The second-order valence-electron chi connectivity index (χ2n) is 6.28. The monoisotopic (exact) mass is 252 g/mol. The summed E-state index contributed by atoms with van der Waals surface area (Å²) in [5.41, 5.74) is 5.76. The van der Waals surface area contributed by atoms with Crippen LogP contribution in [0.2, 0.25) is 0 Å². The van der Waals surface area contributed by atoms with Crippen molar-refractivity contribution in [1.29, 1.82) is 0 Å². The fraction of sp³-hybridized carbons (Fsp3) is 0.933. The summed E-state index contributed by atoms with van der Waals surface area (Å²) in [7, 11) is 0. The summed E-state index contributed by atoms with van der Waals surface area (Å²) in [6.45, 7) is 3.80. The smallest absolute Gasteiger partial charge is 0.223 e. The summed E-state index contributed by atoms with van der Waals surface area (Å²) in [5.74, 6) is 1.56. The van der Waals surface area contributed by atoms with E-state index in [1.165, 1.54) is 38.5 Å². The molecule has 2 atom stereocenters. The highest BCUT2D eigenvalue weighted by molar-refractivity contribution is 5.76. The zero-order valence-electron chi connectivity index (χ0n) is 11.7. The molecular formula is C15H28N2O. The van der Waals surface area contributed by atoms with Crippen LogP contribution in [-0.2, 0) is 4.79 Å². The predicted molar refractivity (Wildman–Crippen MR) is 74.1 cm³/mol. The van der Waals surface area contributed by atoms with E-state index in [9.17, 15) is 4.79 Å². The zero-order valence-corrected chi connectivity index (χ0v) is 11.7. The molecule has 18 heavy (non-hydrogen) atoms. The van der Waals surface area contributed by atoms with Crippen LogP contribution in [0.3, 0.4) is 0 Å². The van der Waals surface area contributed by atoms with Gasteiger partial charge in [0.1, 0.15) is 0 Å². The van der Waals surface area contributed by atoms with Crippen LogP contribution >= 0.6 is 0 Å². The van der Waals surface area contributed by atoms with Gasteiger partial charge in [-0.25, -0.2) is 0 Å². The van der Waals surface area contributed by atoms with E-state index in [-0.39, 0.29) is 0 Å². The average Bonchev–Trinajstić information content (AvgIpc) is 2.40. The maximum Gasteiger partial charge on any atom is 0.223 e. The van der Waals surface area contributed by atoms with Gasteiger partial charge in [-0.1, -0.05) is 19.3 Å². The molecule has 0 aromatic carbocycles. The number of hydrogen-bond donors (Lipinski definition) is 1. The van der Waals surface area contributed by atoms with Crippen molar-refractivity contribution in [3.63, 3.8) is 0 Å². The van der Waals surface area contributed by atoms with Crippen LogP contribution in [0.15, 0.2) is 0 Å². The van der Waals surface area contributed by atoms with Crippen molar-refractivity contribution in [2.75, 3.05) is 13.1 Å². The molecule has 1 saturated carbocycles. The van der Waals surface area contributed by atoms with Gasteiger partial charge in [0.05, 0.1) is 0 Å². The molecule has 104 valence electrons. The van der Waals surface area contributed by atoms with Crippen molar-refractivity contribution in [1.82, 2.24) is 4.90 Å². The van der Waals surface area contributed by atoms with Gasteiger partial charge in [-0.15, -0.1) is 0 Å². The third-order valence-corrected chi connectivity index (χ3v) is 4.82. The molecule has 2 aliphatic rings. The first-order valence-corrected chi connectivity index (χ1v) is 7.70. The third-order valence-electron chi connectivity index (χ3n) is 4.82. The summed E-state index contributed by atoms with van der Waals surface area (Å²) in [4.78, 5) is 14.5. The Balaban J connectivity index is 1.85. The molecule has 2 rings (SSSR count). The van der Waals surface area contributed by atoms with Crippen LogP contribution < -0.4 is 5.73 Å². The van der Waals surface area contributed by atoms with E-state index < -0.39 is 0 Å². The summed E-state index contributed by atoms with van der Waals surface area (Å²) in [6.07, 6.45) is 9.60. The number of amides is 1. The normalized spacial score (nSPS) is 30.4. The summed E-state index contributed by atoms with van der Waals surface area (Å²) >= 11 is 0. The van der Waals surface area contributed by atoms with Crippen molar-refractivity contribution in [2.24, 2.45) is 17.6 Å². The summed E-state index contributed by atoms with van der Waals surface area (Å²) in [6, 6.07) is 0.420. The number of carbonyl (C=O) groups is 1. The molecule has 1 heterocycles. The fourth-order valence-electron chi connectivity index (χ4n) is 3.48. The number of carbonyl (C=O) groups excluding carboxylic acids is 1. The Morgan fingerprint density at radius 3 is 2.50 bits per heavy atom. The van der Waals surface area contributed by atoms with Crippen LogP contribution in [0.5, 0.6) is 0 Å². The lowest BCUT2D eigenvalue weighted by Crippen LogP contribution is -2.47. The first-order valence-electron chi connectivity index (χ1n) is 7.70. The van der Waals surface area contributed by atoms with Crippen LogP contribution in [0.4, 0.5) is 0 Å². The molecule has 2 fully saturated rings. The molecule has 1 amide bonds. The van der Waals surface area contributed by atoms with Crippen molar-refractivity contribution in [3.8, 4) is 0 Å². The molecule has 0 aromatic heterocycles. The molecule has 1 saturated heterocycles. The Labute approximate surface area is 111 Å². The Kier molecular flexibility index (Phi) is 5.04. The van der Waals surface area contributed by atoms with E-state index in [1.807, 2.05) is 0 Å². The Bertz CT molecular complexity index is 274. The number of hydrogen-bond acceptors (Lipinski definition) is 2. The van der Waals surface area contributed by atoms with Crippen molar-refractivity contribution >= 4 is 5.91 Å². The fourth-order valence-corrected chi connectivity index (χ4v) is 3.48. The topological polar surface area (TPSA) is 46.3 Å². The van der Waals surface area contributed by atoms with E-state index in [2.05, 4.69) is 11.8 Å². The maximum absolute atomic E-state index is 12.4. The maximum atomic E-state index is 12.4. The van der Waals surface area contributed by atoms with Gasteiger partial charge in [-0.3, -0.25) is 4.79 Å². The highest BCUT2D eigenvalue weighted by Crippen LogP contribution is 2.29. The minimum atomic E-state index is 0.382. The standard InChI is InChI=1S/C15H28N2O/c1-12-7-8-14(10-16)11-17(12)15(18)9-13-5-3-2-4-6-13/h12-14H,2-11,16H2,1H3. The molecule has 1 aliphatic heterocycles. The van der Waals surface area contributed by atoms with Gasteiger partial charge in [-0.2, -0.15) is 0 Å². The van der Waals surface area contributed by atoms with Gasteiger partial charge in [0.25, 0.3) is 0 Å². The van der Waals surface area contributed by atoms with E-state index in [4.69, 9.17) is 5.73 Å². The van der Waals surface area contributed by atoms with E-state index in [0.717, 1.165) is 25.9 Å². The SMILES string of the molecule is CC1CCC(CN)CN1C(=O)CC1CCCCC1. The minimum Gasteiger partial charge on any atom is -0.340 e. The molecule has 0 spiro atoms. The van der Waals surface area contributed by atoms with Crippen molar-refractivity contribution in [3.05, 3.63) is 0 Å². The lowest BCUT2D eigenvalue weighted by atomic mass is 9.86. The van der Waals surface area contributed by atoms with Crippen molar-refractivity contribution < 1.29 is 4.79 Å². The van der Waals surface area contributed by atoms with E-state index >= 15 is 0 Å². The number of nitrogens with zero attached hydrogens (tertiary/aromatic N) is 1. The van der Waals surface area contributed by atoms with E-state index in [0.29, 0.717) is 23.8 Å². The Hall–Kier alpha value is -0.570. The minimum absolute atomic E-state index is 0.382. The molecule has 0 aromatic rings. The summed E-state index contributed by atoms with van der Waals surface area (Å²) < 4.78 is 0. The zero-order chi connectivity index (χ0) is 13.0. The molecule has 2 unspecified atom stereocenters. The second-order valence-corrected chi connectivity index (χ2v) is 6.28. The quantitative estimate of drug-likeness (QED) is 0.839. The lowest BCUT2D eigenvalue weighted by Gasteiger charge is -2.38. The van der Waals surface area contributed by atoms with E-state index in [1.54, 1.807) is 0 Å².